The SMILES string of the molecule is CC#CC(=O)NCCCN1CCCS1(=O)=O. The summed E-state index contributed by atoms with van der Waals surface area (Å²) in [5.41, 5.74) is 0. The molecule has 1 N–H and O–H groups in total. The van der Waals surface area contributed by atoms with Crippen LogP contribution in [-0.2, 0) is 14.8 Å². The van der Waals surface area contributed by atoms with Crippen LogP contribution < -0.4 is 5.32 Å². The van der Waals surface area contributed by atoms with Gasteiger partial charge in [0.1, 0.15) is 0 Å². The maximum Gasteiger partial charge on any atom is 0.295 e. The Labute approximate surface area is 96.2 Å². The summed E-state index contributed by atoms with van der Waals surface area (Å²) in [4.78, 5) is 10.9. The van der Waals surface area contributed by atoms with E-state index >= 15 is 0 Å². The molecule has 1 fully saturated rings. The van der Waals surface area contributed by atoms with Crippen LogP contribution in [-0.4, -0.2) is 44.0 Å². The fourth-order valence-corrected chi connectivity index (χ4v) is 3.12. The fraction of sp³-hybridized carbons (Fsp3) is 0.700. The van der Waals surface area contributed by atoms with E-state index in [-0.39, 0.29) is 11.7 Å². The number of amides is 1. The van der Waals surface area contributed by atoms with E-state index in [1.165, 1.54) is 4.31 Å². The van der Waals surface area contributed by atoms with Gasteiger partial charge in [-0.25, -0.2) is 12.7 Å². The lowest BCUT2D eigenvalue weighted by Crippen LogP contribution is -2.30. The van der Waals surface area contributed by atoms with Crippen LogP contribution in [0.15, 0.2) is 0 Å². The molecule has 0 aromatic rings. The monoisotopic (exact) mass is 244 g/mol. The molecule has 1 saturated heterocycles. The van der Waals surface area contributed by atoms with Gasteiger partial charge >= 0.3 is 0 Å². The van der Waals surface area contributed by atoms with Crippen molar-refractivity contribution in [1.82, 2.24) is 9.62 Å². The van der Waals surface area contributed by atoms with E-state index in [0.29, 0.717) is 32.5 Å². The van der Waals surface area contributed by atoms with Gasteiger partial charge in [0.2, 0.25) is 10.0 Å². The number of carbonyl (C=O) groups is 1. The molecule has 0 saturated carbocycles. The number of rotatable bonds is 4. The first-order valence-corrected chi connectivity index (χ1v) is 6.85. The summed E-state index contributed by atoms with van der Waals surface area (Å²) in [7, 11) is -3.01. The molecule has 0 unspecified atom stereocenters. The highest BCUT2D eigenvalue weighted by molar-refractivity contribution is 7.89. The highest BCUT2D eigenvalue weighted by atomic mass is 32.2. The third-order valence-corrected chi connectivity index (χ3v) is 4.27. The smallest absolute Gasteiger partial charge is 0.295 e. The van der Waals surface area contributed by atoms with Crippen LogP contribution in [0.2, 0.25) is 0 Å². The van der Waals surface area contributed by atoms with E-state index in [9.17, 15) is 13.2 Å². The van der Waals surface area contributed by atoms with Gasteiger partial charge in [-0.15, -0.1) is 0 Å². The first-order valence-electron chi connectivity index (χ1n) is 5.24. The Morgan fingerprint density at radius 2 is 2.25 bits per heavy atom. The molecule has 0 aromatic carbocycles. The van der Waals surface area contributed by atoms with Crippen molar-refractivity contribution in [2.24, 2.45) is 0 Å². The van der Waals surface area contributed by atoms with Crippen LogP contribution in [0.25, 0.3) is 0 Å². The Morgan fingerprint density at radius 1 is 1.50 bits per heavy atom. The first-order chi connectivity index (χ1) is 7.56. The van der Waals surface area contributed by atoms with Crippen LogP contribution in [0.4, 0.5) is 0 Å². The zero-order valence-electron chi connectivity index (χ0n) is 9.32. The number of carbonyl (C=O) groups excluding carboxylic acids is 1. The molecule has 1 rings (SSSR count). The Morgan fingerprint density at radius 3 is 2.81 bits per heavy atom. The van der Waals surface area contributed by atoms with Crippen molar-refractivity contribution in [3.8, 4) is 11.8 Å². The van der Waals surface area contributed by atoms with Crippen molar-refractivity contribution < 1.29 is 13.2 Å². The molecule has 5 nitrogen and oxygen atoms in total. The Hall–Kier alpha value is -1.06. The number of hydrogen-bond acceptors (Lipinski definition) is 3. The molecule has 0 bridgehead atoms. The van der Waals surface area contributed by atoms with E-state index in [1.807, 2.05) is 0 Å². The van der Waals surface area contributed by atoms with Gasteiger partial charge < -0.3 is 5.32 Å². The van der Waals surface area contributed by atoms with E-state index in [2.05, 4.69) is 17.2 Å². The van der Waals surface area contributed by atoms with Crippen molar-refractivity contribution in [2.75, 3.05) is 25.4 Å². The summed E-state index contributed by atoms with van der Waals surface area (Å²) in [5.74, 6) is 4.79. The largest absolute Gasteiger partial charge is 0.345 e. The second-order valence-electron chi connectivity index (χ2n) is 3.55. The van der Waals surface area contributed by atoms with Gasteiger partial charge in [-0.2, -0.15) is 0 Å². The van der Waals surface area contributed by atoms with Crippen LogP contribution in [0.3, 0.4) is 0 Å². The molecule has 0 radical (unpaired) electrons. The van der Waals surface area contributed by atoms with E-state index in [4.69, 9.17) is 0 Å². The summed E-state index contributed by atoms with van der Waals surface area (Å²) in [6.07, 6.45) is 1.33. The minimum atomic E-state index is -3.01. The van der Waals surface area contributed by atoms with Crippen molar-refractivity contribution in [2.45, 2.75) is 19.8 Å². The molecule has 1 aliphatic heterocycles. The third-order valence-electron chi connectivity index (χ3n) is 2.31. The quantitative estimate of drug-likeness (QED) is 0.538. The lowest BCUT2D eigenvalue weighted by Gasteiger charge is -2.13. The minimum absolute atomic E-state index is 0.251. The molecular weight excluding hydrogens is 228 g/mol. The van der Waals surface area contributed by atoms with E-state index in [0.717, 1.165) is 0 Å². The lowest BCUT2D eigenvalue weighted by atomic mass is 10.4. The Bertz CT molecular complexity index is 406. The maximum absolute atomic E-state index is 11.4. The summed E-state index contributed by atoms with van der Waals surface area (Å²) in [6, 6.07) is 0. The molecular formula is C10H16N2O3S. The van der Waals surface area contributed by atoms with Gasteiger partial charge in [0.15, 0.2) is 0 Å². The second-order valence-corrected chi connectivity index (χ2v) is 5.64. The predicted molar refractivity (Wildman–Crippen MR) is 61.1 cm³/mol. The summed E-state index contributed by atoms with van der Waals surface area (Å²) >= 11 is 0. The summed E-state index contributed by atoms with van der Waals surface area (Å²) in [5, 5.41) is 2.60. The standard InChI is InChI=1S/C10H16N2O3S/c1-2-5-10(13)11-6-3-7-12-8-4-9-16(12,14)15/h3-4,6-9H2,1H3,(H,11,13). The molecule has 1 heterocycles. The number of hydrogen-bond donors (Lipinski definition) is 1. The van der Waals surface area contributed by atoms with Crippen molar-refractivity contribution in [3.63, 3.8) is 0 Å². The molecule has 0 aromatic heterocycles. The van der Waals surface area contributed by atoms with Gasteiger partial charge in [0.05, 0.1) is 5.75 Å². The molecule has 1 amide bonds. The maximum atomic E-state index is 11.4. The van der Waals surface area contributed by atoms with E-state index < -0.39 is 10.0 Å². The normalized spacial score (nSPS) is 18.8. The average molecular weight is 244 g/mol. The van der Waals surface area contributed by atoms with Gasteiger partial charge in [-0.1, -0.05) is 5.92 Å². The summed E-state index contributed by atoms with van der Waals surface area (Å²) in [6.45, 7) is 3.13. The number of nitrogens with zero attached hydrogens (tertiary/aromatic N) is 1. The molecule has 6 heteroatoms. The molecule has 0 aliphatic carbocycles. The molecule has 16 heavy (non-hydrogen) atoms. The van der Waals surface area contributed by atoms with Crippen LogP contribution in [0, 0.1) is 11.8 Å². The molecule has 90 valence electrons. The third kappa shape index (κ3) is 3.83. The fourth-order valence-electron chi connectivity index (χ4n) is 1.56. The number of sulfonamides is 1. The van der Waals surface area contributed by atoms with Gasteiger partial charge in [0, 0.05) is 19.6 Å². The minimum Gasteiger partial charge on any atom is -0.345 e. The highest BCUT2D eigenvalue weighted by Crippen LogP contribution is 2.12. The van der Waals surface area contributed by atoms with E-state index in [1.54, 1.807) is 6.92 Å². The van der Waals surface area contributed by atoms with Gasteiger partial charge in [-0.05, 0) is 25.7 Å². The van der Waals surface area contributed by atoms with Crippen LogP contribution in [0.5, 0.6) is 0 Å². The average Bonchev–Trinajstić information content (AvgIpc) is 2.53. The second kappa shape index (κ2) is 5.87. The van der Waals surface area contributed by atoms with Crippen LogP contribution >= 0.6 is 0 Å². The molecule has 0 atom stereocenters. The highest BCUT2D eigenvalue weighted by Gasteiger charge is 2.27. The zero-order valence-corrected chi connectivity index (χ0v) is 10.1. The van der Waals surface area contributed by atoms with Gasteiger partial charge in [-0.3, -0.25) is 4.79 Å². The summed E-state index contributed by atoms with van der Waals surface area (Å²) < 4.78 is 24.3. The van der Waals surface area contributed by atoms with Gasteiger partial charge in [0.25, 0.3) is 5.91 Å². The Balaban J connectivity index is 2.21. The Kier molecular flexibility index (Phi) is 4.77. The van der Waals surface area contributed by atoms with Crippen molar-refractivity contribution in [3.05, 3.63) is 0 Å². The topological polar surface area (TPSA) is 66.5 Å². The lowest BCUT2D eigenvalue weighted by molar-refractivity contribution is -0.115. The number of nitrogens with one attached hydrogen (secondary N) is 1. The van der Waals surface area contributed by atoms with Crippen LogP contribution in [0.1, 0.15) is 19.8 Å². The molecule has 1 aliphatic rings. The molecule has 0 spiro atoms. The van der Waals surface area contributed by atoms with Crippen molar-refractivity contribution >= 4 is 15.9 Å². The zero-order chi connectivity index (χ0) is 12.0. The first kappa shape index (κ1) is 13.0. The van der Waals surface area contributed by atoms with Crippen molar-refractivity contribution in [1.29, 1.82) is 0 Å². The predicted octanol–water partition coefficient (Wildman–Crippen LogP) is -0.448.